The van der Waals surface area contributed by atoms with Gasteiger partial charge in [-0.25, -0.2) is 9.97 Å². The molecule has 2 rings (SSSR count). The number of rotatable bonds is 4. The lowest BCUT2D eigenvalue weighted by molar-refractivity contribution is 0.922. The zero-order valence-corrected chi connectivity index (χ0v) is 13.2. The number of hydrogen-bond acceptors (Lipinski definition) is 3. The molecule has 0 spiro atoms. The molecule has 0 unspecified atom stereocenters. The fourth-order valence-corrected chi connectivity index (χ4v) is 2.10. The number of nitrogens with zero attached hydrogens (tertiary/aromatic N) is 2. The van der Waals surface area contributed by atoms with Crippen molar-refractivity contribution in [3.8, 4) is 0 Å². The van der Waals surface area contributed by atoms with Crippen LogP contribution in [-0.2, 0) is 13.0 Å². The molecule has 1 aromatic heterocycles. The quantitative estimate of drug-likeness (QED) is 0.840. The molecule has 19 heavy (non-hydrogen) atoms. The van der Waals surface area contributed by atoms with Crippen molar-refractivity contribution >= 4 is 33.3 Å². The number of hydrogen-bond donors (Lipinski definition) is 1. The molecule has 0 aliphatic rings. The van der Waals surface area contributed by atoms with Crippen molar-refractivity contribution in [1.82, 2.24) is 9.97 Å². The highest BCUT2D eigenvalue weighted by atomic mass is 79.9. The molecule has 2 aromatic rings. The average Bonchev–Trinajstić information content (AvgIpc) is 2.42. The van der Waals surface area contributed by atoms with Crippen molar-refractivity contribution in [2.24, 2.45) is 0 Å². The van der Waals surface area contributed by atoms with Gasteiger partial charge >= 0.3 is 0 Å². The van der Waals surface area contributed by atoms with Crippen LogP contribution in [0.5, 0.6) is 0 Å². The predicted octanol–water partition coefficient (Wildman–Crippen LogP) is 4.38. The SMILES string of the molecule is CCc1nc(Cl)c(C)c(NCc2ccc(Br)cc2)n1. The number of halogens is 2. The second-order valence-corrected chi connectivity index (χ2v) is 5.51. The summed E-state index contributed by atoms with van der Waals surface area (Å²) in [6, 6.07) is 8.18. The molecular weight excluding hydrogens is 326 g/mol. The Morgan fingerprint density at radius 2 is 1.89 bits per heavy atom. The van der Waals surface area contributed by atoms with Crippen LogP contribution in [-0.4, -0.2) is 9.97 Å². The van der Waals surface area contributed by atoms with Crippen LogP contribution in [0.2, 0.25) is 5.15 Å². The van der Waals surface area contributed by atoms with Gasteiger partial charge in [0, 0.05) is 23.0 Å². The lowest BCUT2D eigenvalue weighted by atomic mass is 10.2. The summed E-state index contributed by atoms with van der Waals surface area (Å²) in [5.41, 5.74) is 2.08. The summed E-state index contributed by atoms with van der Waals surface area (Å²) in [6.45, 7) is 4.65. The smallest absolute Gasteiger partial charge is 0.137 e. The van der Waals surface area contributed by atoms with Gasteiger partial charge in [0.1, 0.15) is 16.8 Å². The summed E-state index contributed by atoms with van der Waals surface area (Å²) in [4.78, 5) is 8.69. The van der Waals surface area contributed by atoms with Gasteiger partial charge in [-0.05, 0) is 24.6 Å². The Labute approximate surface area is 126 Å². The van der Waals surface area contributed by atoms with Crippen LogP contribution >= 0.6 is 27.5 Å². The van der Waals surface area contributed by atoms with Crippen molar-refractivity contribution < 1.29 is 0 Å². The van der Waals surface area contributed by atoms with E-state index in [0.29, 0.717) is 11.7 Å². The molecule has 1 N–H and O–H groups in total. The van der Waals surface area contributed by atoms with Crippen LogP contribution in [0.1, 0.15) is 23.9 Å². The summed E-state index contributed by atoms with van der Waals surface area (Å²) in [6.07, 6.45) is 0.771. The zero-order valence-electron chi connectivity index (χ0n) is 10.9. The molecule has 0 saturated heterocycles. The minimum Gasteiger partial charge on any atom is -0.366 e. The lowest BCUT2D eigenvalue weighted by Crippen LogP contribution is -2.07. The standard InChI is InChI=1S/C14H15BrClN3/c1-3-12-18-13(16)9(2)14(19-12)17-8-10-4-6-11(15)7-5-10/h4-7H,3,8H2,1-2H3,(H,17,18,19). The lowest BCUT2D eigenvalue weighted by Gasteiger charge is -2.11. The van der Waals surface area contributed by atoms with E-state index < -0.39 is 0 Å². The Bertz CT molecular complexity index is 570. The summed E-state index contributed by atoms with van der Waals surface area (Å²) in [7, 11) is 0. The maximum Gasteiger partial charge on any atom is 0.137 e. The van der Waals surface area contributed by atoms with Crippen molar-refractivity contribution in [2.45, 2.75) is 26.8 Å². The first-order valence-corrected chi connectivity index (χ1v) is 7.28. The van der Waals surface area contributed by atoms with Crippen LogP contribution in [0.4, 0.5) is 5.82 Å². The average molecular weight is 341 g/mol. The Hall–Kier alpha value is -1.13. The van der Waals surface area contributed by atoms with E-state index in [2.05, 4.69) is 43.3 Å². The largest absolute Gasteiger partial charge is 0.366 e. The molecule has 0 aliphatic heterocycles. The van der Waals surface area contributed by atoms with E-state index in [1.165, 1.54) is 5.56 Å². The third kappa shape index (κ3) is 3.67. The molecule has 1 heterocycles. The summed E-state index contributed by atoms with van der Waals surface area (Å²) in [5.74, 6) is 1.56. The van der Waals surface area contributed by atoms with Crippen molar-refractivity contribution in [3.63, 3.8) is 0 Å². The van der Waals surface area contributed by atoms with Gasteiger partial charge in [0.2, 0.25) is 0 Å². The number of nitrogens with one attached hydrogen (secondary N) is 1. The molecule has 1 aromatic carbocycles. The summed E-state index contributed by atoms with van der Waals surface area (Å²) < 4.78 is 1.07. The number of aryl methyl sites for hydroxylation is 1. The Morgan fingerprint density at radius 3 is 2.53 bits per heavy atom. The maximum atomic E-state index is 6.10. The number of anilines is 1. The maximum absolute atomic E-state index is 6.10. The van der Waals surface area contributed by atoms with Crippen molar-refractivity contribution in [1.29, 1.82) is 0 Å². The van der Waals surface area contributed by atoms with Gasteiger partial charge in [-0.15, -0.1) is 0 Å². The first-order chi connectivity index (χ1) is 9.10. The zero-order chi connectivity index (χ0) is 13.8. The van der Waals surface area contributed by atoms with E-state index in [-0.39, 0.29) is 0 Å². The molecular formula is C14H15BrClN3. The number of benzene rings is 1. The normalized spacial score (nSPS) is 10.5. The molecule has 0 fully saturated rings. The van der Waals surface area contributed by atoms with Gasteiger partial charge in [-0.3, -0.25) is 0 Å². The van der Waals surface area contributed by atoms with Crippen LogP contribution in [0, 0.1) is 6.92 Å². The van der Waals surface area contributed by atoms with E-state index in [9.17, 15) is 0 Å². The Morgan fingerprint density at radius 1 is 1.21 bits per heavy atom. The Kier molecular flexibility index (Phi) is 4.77. The minimum atomic E-state index is 0.519. The van der Waals surface area contributed by atoms with Gasteiger partial charge in [0.15, 0.2) is 0 Å². The fraction of sp³-hybridized carbons (Fsp3) is 0.286. The first kappa shape index (κ1) is 14.3. The summed E-state index contributed by atoms with van der Waals surface area (Å²) >= 11 is 9.53. The molecule has 0 atom stereocenters. The number of aromatic nitrogens is 2. The summed E-state index contributed by atoms with van der Waals surface area (Å²) in [5, 5.41) is 3.83. The monoisotopic (exact) mass is 339 g/mol. The molecule has 5 heteroatoms. The molecule has 0 aliphatic carbocycles. The van der Waals surface area contributed by atoms with Gasteiger partial charge in [0.05, 0.1) is 0 Å². The van der Waals surface area contributed by atoms with E-state index >= 15 is 0 Å². The van der Waals surface area contributed by atoms with Crippen molar-refractivity contribution in [2.75, 3.05) is 5.32 Å². The highest BCUT2D eigenvalue weighted by Crippen LogP contribution is 2.21. The highest BCUT2D eigenvalue weighted by Gasteiger charge is 2.08. The van der Waals surface area contributed by atoms with E-state index in [0.717, 1.165) is 28.1 Å². The van der Waals surface area contributed by atoms with Gasteiger partial charge in [-0.1, -0.05) is 46.6 Å². The van der Waals surface area contributed by atoms with E-state index in [1.54, 1.807) is 0 Å². The highest BCUT2D eigenvalue weighted by molar-refractivity contribution is 9.10. The van der Waals surface area contributed by atoms with Crippen LogP contribution in [0.25, 0.3) is 0 Å². The molecule has 0 amide bonds. The minimum absolute atomic E-state index is 0.519. The second-order valence-electron chi connectivity index (χ2n) is 4.24. The van der Waals surface area contributed by atoms with Gasteiger partial charge in [-0.2, -0.15) is 0 Å². The van der Waals surface area contributed by atoms with E-state index in [4.69, 9.17) is 11.6 Å². The molecule has 0 bridgehead atoms. The van der Waals surface area contributed by atoms with Crippen LogP contribution in [0.15, 0.2) is 28.7 Å². The van der Waals surface area contributed by atoms with Gasteiger partial charge < -0.3 is 5.32 Å². The van der Waals surface area contributed by atoms with Gasteiger partial charge in [0.25, 0.3) is 0 Å². The molecule has 100 valence electrons. The predicted molar refractivity (Wildman–Crippen MR) is 82.6 cm³/mol. The first-order valence-electron chi connectivity index (χ1n) is 6.11. The third-order valence-electron chi connectivity index (χ3n) is 2.82. The molecule has 0 saturated carbocycles. The Balaban J connectivity index is 2.14. The van der Waals surface area contributed by atoms with Crippen LogP contribution < -0.4 is 5.32 Å². The fourth-order valence-electron chi connectivity index (χ4n) is 1.65. The second kappa shape index (κ2) is 6.35. The van der Waals surface area contributed by atoms with Crippen molar-refractivity contribution in [3.05, 3.63) is 50.8 Å². The topological polar surface area (TPSA) is 37.8 Å². The molecule has 0 radical (unpaired) electrons. The van der Waals surface area contributed by atoms with Crippen LogP contribution in [0.3, 0.4) is 0 Å². The molecule has 3 nitrogen and oxygen atoms in total. The van der Waals surface area contributed by atoms with E-state index in [1.807, 2.05) is 26.0 Å². The third-order valence-corrected chi connectivity index (χ3v) is 3.72.